The molecule has 3 rings (SSSR count). The Labute approximate surface area is 117 Å². The van der Waals surface area contributed by atoms with E-state index in [-0.39, 0.29) is 0 Å². The molecule has 3 heteroatoms. The third-order valence-corrected chi connectivity index (χ3v) is 2.84. The van der Waals surface area contributed by atoms with Crippen molar-refractivity contribution in [1.29, 1.82) is 0 Å². The van der Waals surface area contributed by atoms with Crippen molar-refractivity contribution >= 4 is 11.4 Å². The first kappa shape index (κ1) is 12.2. The Kier molecular flexibility index (Phi) is 3.60. The first-order valence-electron chi connectivity index (χ1n) is 6.40. The van der Waals surface area contributed by atoms with E-state index in [1.165, 1.54) is 0 Å². The van der Waals surface area contributed by atoms with Gasteiger partial charge in [-0.25, -0.2) is 0 Å². The van der Waals surface area contributed by atoms with Gasteiger partial charge in [0.2, 0.25) is 0 Å². The number of aromatic nitrogens is 1. The fourth-order valence-electron chi connectivity index (χ4n) is 1.87. The summed E-state index contributed by atoms with van der Waals surface area (Å²) in [5, 5.41) is 8.48. The van der Waals surface area contributed by atoms with Gasteiger partial charge in [0, 0.05) is 11.8 Å². The van der Waals surface area contributed by atoms with Crippen molar-refractivity contribution in [3.05, 3.63) is 79.0 Å². The summed E-state index contributed by atoms with van der Waals surface area (Å²) in [7, 11) is 0. The quantitative estimate of drug-likeness (QED) is 0.598. The normalized spacial score (nSPS) is 10.8. The molecule has 0 saturated heterocycles. The van der Waals surface area contributed by atoms with Crippen LogP contribution in [0.25, 0.3) is 11.3 Å². The van der Waals surface area contributed by atoms with Gasteiger partial charge in [0.05, 0.1) is 17.1 Å². The second-order valence-corrected chi connectivity index (χ2v) is 4.30. The minimum Gasteiger partial charge on any atom is -0.256 e. The van der Waals surface area contributed by atoms with Crippen LogP contribution in [0.1, 0.15) is 0 Å². The largest absolute Gasteiger partial charge is 0.256 e. The molecule has 3 nitrogen and oxygen atoms in total. The second-order valence-electron chi connectivity index (χ2n) is 4.30. The smallest absolute Gasteiger partial charge is 0.0863 e. The van der Waals surface area contributed by atoms with Crippen molar-refractivity contribution in [2.24, 2.45) is 10.2 Å². The van der Waals surface area contributed by atoms with Crippen LogP contribution in [0.2, 0.25) is 0 Å². The van der Waals surface area contributed by atoms with Crippen molar-refractivity contribution in [2.45, 2.75) is 0 Å². The number of benzene rings is 2. The number of nitrogens with zero attached hydrogens (tertiary/aromatic N) is 3. The molecule has 0 radical (unpaired) electrons. The van der Waals surface area contributed by atoms with Gasteiger partial charge in [-0.05, 0) is 36.4 Å². The molecule has 1 aromatic heterocycles. The number of azo groups is 1. The molecule has 0 amide bonds. The molecule has 0 unspecified atom stereocenters. The monoisotopic (exact) mass is 259 g/mol. The van der Waals surface area contributed by atoms with Crippen molar-refractivity contribution in [3.8, 4) is 11.3 Å². The molecule has 0 atom stereocenters. The molecular weight excluding hydrogens is 246 g/mol. The number of hydrogen-bond donors (Lipinski definition) is 0. The summed E-state index contributed by atoms with van der Waals surface area (Å²) in [5.41, 5.74) is 3.63. The molecule has 3 aromatic rings. The third kappa shape index (κ3) is 2.95. The molecule has 0 aliphatic carbocycles. The van der Waals surface area contributed by atoms with Gasteiger partial charge in [-0.2, -0.15) is 10.2 Å². The number of hydrogen-bond acceptors (Lipinski definition) is 3. The molecular formula is C17H13N3. The van der Waals surface area contributed by atoms with E-state index >= 15 is 0 Å². The minimum atomic E-state index is 0.817. The number of rotatable bonds is 3. The SMILES string of the molecule is c1ccc(N=Nc2cccc(-c3ccccn3)c2)cc1. The Morgan fingerprint density at radius 3 is 2.20 bits per heavy atom. The van der Waals surface area contributed by atoms with Gasteiger partial charge < -0.3 is 0 Å². The Morgan fingerprint density at radius 2 is 1.40 bits per heavy atom. The summed E-state index contributed by atoms with van der Waals surface area (Å²) in [6, 6.07) is 23.4. The van der Waals surface area contributed by atoms with Gasteiger partial charge in [0.1, 0.15) is 0 Å². The van der Waals surface area contributed by atoms with Crippen molar-refractivity contribution in [3.63, 3.8) is 0 Å². The minimum absolute atomic E-state index is 0.817. The highest BCUT2D eigenvalue weighted by molar-refractivity contribution is 5.63. The Balaban J connectivity index is 1.87. The van der Waals surface area contributed by atoms with Gasteiger partial charge in [-0.1, -0.05) is 36.4 Å². The van der Waals surface area contributed by atoms with E-state index < -0.39 is 0 Å². The van der Waals surface area contributed by atoms with E-state index in [9.17, 15) is 0 Å². The first-order valence-corrected chi connectivity index (χ1v) is 6.40. The molecule has 0 spiro atoms. The van der Waals surface area contributed by atoms with Crippen LogP contribution in [0.3, 0.4) is 0 Å². The standard InChI is InChI=1S/C17H13N3/c1-2-8-15(9-3-1)19-20-16-10-6-7-14(13-16)17-11-4-5-12-18-17/h1-13H. The van der Waals surface area contributed by atoms with E-state index in [0.717, 1.165) is 22.6 Å². The molecule has 1 heterocycles. The third-order valence-electron chi connectivity index (χ3n) is 2.84. The van der Waals surface area contributed by atoms with Gasteiger partial charge in [-0.15, -0.1) is 0 Å². The zero-order valence-electron chi connectivity index (χ0n) is 10.8. The Hall–Kier alpha value is -2.81. The Bertz CT molecular complexity index is 707. The highest BCUT2D eigenvalue weighted by atomic mass is 15.1. The van der Waals surface area contributed by atoms with Crippen LogP contribution >= 0.6 is 0 Å². The van der Waals surface area contributed by atoms with Crippen LogP contribution in [-0.4, -0.2) is 4.98 Å². The summed E-state index contributed by atoms with van der Waals surface area (Å²) in [5.74, 6) is 0. The Morgan fingerprint density at radius 1 is 0.650 bits per heavy atom. The highest BCUT2D eigenvalue weighted by Crippen LogP contribution is 2.23. The van der Waals surface area contributed by atoms with Crippen LogP contribution in [0.5, 0.6) is 0 Å². The predicted octanol–water partition coefficient (Wildman–Crippen LogP) is 5.16. The average Bonchev–Trinajstić information content (AvgIpc) is 2.55. The zero-order chi connectivity index (χ0) is 13.6. The average molecular weight is 259 g/mol. The molecule has 0 saturated carbocycles. The van der Waals surface area contributed by atoms with Crippen LogP contribution in [0, 0.1) is 0 Å². The molecule has 2 aromatic carbocycles. The van der Waals surface area contributed by atoms with E-state index in [0.29, 0.717) is 0 Å². The lowest BCUT2D eigenvalue weighted by atomic mass is 10.1. The molecule has 0 aliphatic rings. The maximum absolute atomic E-state index is 4.34. The van der Waals surface area contributed by atoms with Crippen molar-refractivity contribution in [1.82, 2.24) is 4.98 Å². The lowest BCUT2D eigenvalue weighted by Gasteiger charge is -2.00. The molecule has 0 fully saturated rings. The fourth-order valence-corrected chi connectivity index (χ4v) is 1.87. The van der Waals surface area contributed by atoms with Crippen LogP contribution in [0.15, 0.2) is 89.2 Å². The molecule has 0 bridgehead atoms. The lowest BCUT2D eigenvalue weighted by molar-refractivity contribution is 1.23. The maximum Gasteiger partial charge on any atom is 0.0863 e. The van der Waals surface area contributed by atoms with Crippen molar-refractivity contribution in [2.75, 3.05) is 0 Å². The zero-order valence-corrected chi connectivity index (χ0v) is 10.8. The highest BCUT2D eigenvalue weighted by Gasteiger charge is 1.99. The fraction of sp³-hybridized carbons (Fsp3) is 0. The summed E-state index contributed by atoms with van der Waals surface area (Å²) < 4.78 is 0. The molecule has 20 heavy (non-hydrogen) atoms. The van der Waals surface area contributed by atoms with Gasteiger partial charge in [-0.3, -0.25) is 4.98 Å². The number of pyridine rings is 1. The van der Waals surface area contributed by atoms with Crippen LogP contribution in [0.4, 0.5) is 11.4 Å². The molecule has 0 N–H and O–H groups in total. The summed E-state index contributed by atoms with van der Waals surface area (Å²) in [6.45, 7) is 0. The van der Waals surface area contributed by atoms with Crippen LogP contribution < -0.4 is 0 Å². The van der Waals surface area contributed by atoms with E-state index in [4.69, 9.17) is 0 Å². The van der Waals surface area contributed by atoms with Crippen LogP contribution in [-0.2, 0) is 0 Å². The lowest BCUT2D eigenvalue weighted by Crippen LogP contribution is -1.80. The maximum atomic E-state index is 4.34. The molecule has 96 valence electrons. The van der Waals surface area contributed by atoms with E-state index in [1.54, 1.807) is 6.20 Å². The van der Waals surface area contributed by atoms with E-state index in [1.807, 2.05) is 72.8 Å². The van der Waals surface area contributed by atoms with Crippen molar-refractivity contribution < 1.29 is 0 Å². The topological polar surface area (TPSA) is 37.6 Å². The summed E-state index contributed by atoms with van der Waals surface area (Å²) in [4.78, 5) is 4.34. The van der Waals surface area contributed by atoms with Gasteiger partial charge >= 0.3 is 0 Å². The second kappa shape index (κ2) is 5.89. The summed E-state index contributed by atoms with van der Waals surface area (Å²) in [6.07, 6.45) is 1.79. The predicted molar refractivity (Wildman–Crippen MR) is 80.3 cm³/mol. The van der Waals surface area contributed by atoms with E-state index in [2.05, 4.69) is 15.2 Å². The van der Waals surface area contributed by atoms with Gasteiger partial charge in [0.25, 0.3) is 0 Å². The first-order chi connectivity index (χ1) is 9.92. The molecule has 0 aliphatic heterocycles. The van der Waals surface area contributed by atoms with Gasteiger partial charge in [0.15, 0.2) is 0 Å². The summed E-state index contributed by atoms with van der Waals surface area (Å²) >= 11 is 0.